The van der Waals surface area contributed by atoms with E-state index in [0.717, 1.165) is 11.1 Å². The Hall–Kier alpha value is -3.98. The first-order valence-electron chi connectivity index (χ1n) is 10.5. The van der Waals surface area contributed by atoms with Crippen molar-refractivity contribution in [3.63, 3.8) is 0 Å². The van der Waals surface area contributed by atoms with Crippen molar-refractivity contribution in [2.24, 2.45) is 0 Å². The van der Waals surface area contributed by atoms with Crippen LogP contribution in [0.4, 0.5) is 5.69 Å². The van der Waals surface area contributed by atoms with Gasteiger partial charge in [-0.05, 0) is 42.0 Å². The number of phenolic OH excluding ortho intramolecular Hbond substituents is 1. The Labute approximate surface area is 201 Å². The van der Waals surface area contributed by atoms with Crippen LogP contribution in [0.5, 0.6) is 17.2 Å². The van der Waals surface area contributed by atoms with Crippen LogP contribution in [0.15, 0.2) is 78.0 Å². The third kappa shape index (κ3) is 5.49. The lowest BCUT2D eigenvalue weighted by Crippen LogP contribution is -2.15. The Balaban J connectivity index is 1.54. The predicted octanol–water partition coefficient (Wildman–Crippen LogP) is 4.45. The highest BCUT2D eigenvalue weighted by molar-refractivity contribution is 7.99. The second-order valence-corrected chi connectivity index (χ2v) is 8.27. The van der Waals surface area contributed by atoms with Gasteiger partial charge in [0.2, 0.25) is 5.91 Å². The van der Waals surface area contributed by atoms with E-state index in [1.54, 1.807) is 56.7 Å². The molecule has 4 rings (SSSR count). The normalized spacial score (nSPS) is 10.6. The zero-order valence-corrected chi connectivity index (χ0v) is 19.6. The predicted molar refractivity (Wildman–Crippen MR) is 132 cm³/mol. The summed E-state index contributed by atoms with van der Waals surface area (Å²) in [7, 11) is 3.11. The van der Waals surface area contributed by atoms with E-state index in [0.29, 0.717) is 34.7 Å². The average molecular weight is 477 g/mol. The monoisotopic (exact) mass is 476 g/mol. The van der Waals surface area contributed by atoms with Gasteiger partial charge in [0.15, 0.2) is 11.0 Å². The summed E-state index contributed by atoms with van der Waals surface area (Å²) in [6, 6.07) is 22.0. The molecule has 1 amide bonds. The fourth-order valence-corrected chi connectivity index (χ4v) is 4.09. The lowest BCUT2D eigenvalue weighted by atomic mass is 10.2. The van der Waals surface area contributed by atoms with Crippen LogP contribution in [0, 0.1) is 0 Å². The van der Waals surface area contributed by atoms with Crippen molar-refractivity contribution >= 4 is 23.4 Å². The molecule has 8 nitrogen and oxygen atoms in total. The van der Waals surface area contributed by atoms with E-state index in [1.165, 1.54) is 11.8 Å². The summed E-state index contributed by atoms with van der Waals surface area (Å²) in [5.74, 6) is 1.91. The number of thioether (sulfide) groups is 1. The molecule has 0 aliphatic carbocycles. The lowest BCUT2D eigenvalue weighted by molar-refractivity contribution is -0.113. The first-order chi connectivity index (χ1) is 16.6. The SMILES string of the molecule is COc1ccc(OC)c(NC(=O)CSc2nnc(-c3ccc(O)cc3)n2Cc2ccccc2)c1. The Morgan fingerprint density at radius 2 is 1.76 bits per heavy atom. The highest BCUT2D eigenvalue weighted by atomic mass is 32.2. The molecule has 0 saturated heterocycles. The van der Waals surface area contributed by atoms with Crippen LogP contribution in [0.2, 0.25) is 0 Å². The van der Waals surface area contributed by atoms with Crippen LogP contribution in [-0.2, 0) is 11.3 Å². The summed E-state index contributed by atoms with van der Waals surface area (Å²) in [5, 5.41) is 21.8. The summed E-state index contributed by atoms with van der Waals surface area (Å²) in [6.45, 7) is 0.539. The van der Waals surface area contributed by atoms with Crippen LogP contribution in [0.25, 0.3) is 11.4 Å². The van der Waals surface area contributed by atoms with E-state index in [1.807, 2.05) is 34.9 Å². The average Bonchev–Trinajstić information content (AvgIpc) is 3.26. The number of hydrogen-bond acceptors (Lipinski definition) is 7. The van der Waals surface area contributed by atoms with Gasteiger partial charge in [0, 0.05) is 11.6 Å². The van der Waals surface area contributed by atoms with E-state index in [2.05, 4.69) is 15.5 Å². The largest absolute Gasteiger partial charge is 0.508 e. The molecule has 2 N–H and O–H groups in total. The molecular weight excluding hydrogens is 452 g/mol. The number of benzene rings is 3. The number of ether oxygens (including phenoxy) is 2. The fourth-order valence-electron chi connectivity index (χ4n) is 3.36. The van der Waals surface area contributed by atoms with Crippen molar-refractivity contribution in [1.82, 2.24) is 14.8 Å². The summed E-state index contributed by atoms with van der Waals surface area (Å²) in [4.78, 5) is 12.7. The molecule has 34 heavy (non-hydrogen) atoms. The number of rotatable bonds is 9. The molecule has 1 heterocycles. The smallest absolute Gasteiger partial charge is 0.234 e. The number of nitrogens with one attached hydrogen (secondary N) is 1. The zero-order chi connectivity index (χ0) is 23.9. The molecule has 3 aromatic carbocycles. The minimum Gasteiger partial charge on any atom is -0.508 e. The van der Waals surface area contributed by atoms with Gasteiger partial charge in [-0.3, -0.25) is 9.36 Å². The summed E-state index contributed by atoms with van der Waals surface area (Å²) in [5.41, 5.74) is 2.43. The highest BCUT2D eigenvalue weighted by Gasteiger charge is 2.17. The quantitative estimate of drug-likeness (QED) is 0.345. The molecule has 0 radical (unpaired) electrons. The van der Waals surface area contributed by atoms with Gasteiger partial charge in [-0.2, -0.15) is 0 Å². The van der Waals surface area contributed by atoms with Crippen molar-refractivity contribution in [2.75, 3.05) is 25.3 Å². The van der Waals surface area contributed by atoms with Crippen molar-refractivity contribution in [3.8, 4) is 28.6 Å². The molecule has 0 aliphatic rings. The van der Waals surface area contributed by atoms with Crippen LogP contribution >= 0.6 is 11.8 Å². The second kappa shape index (κ2) is 10.8. The molecule has 0 fully saturated rings. The first kappa shape index (κ1) is 23.2. The number of carbonyl (C=O) groups is 1. The minimum atomic E-state index is -0.211. The molecule has 0 aliphatic heterocycles. The number of phenols is 1. The number of anilines is 1. The van der Waals surface area contributed by atoms with Gasteiger partial charge >= 0.3 is 0 Å². The van der Waals surface area contributed by atoms with Crippen LogP contribution in [-0.4, -0.2) is 45.8 Å². The highest BCUT2D eigenvalue weighted by Crippen LogP contribution is 2.30. The third-order valence-corrected chi connectivity index (χ3v) is 6.01. The van der Waals surface area contributed by atoms with Crippen molar-refractivity contribution in [1.29, 1.82) is 0 Å². The maximum Gasteiger partial charge on any atom is 0.234 e. The van der Waals surface area contributed by atoms with E-state index in [9.17, 15) is 9.90 Å². The van der Waals surface area contributed by atoms with Crippen LogP contribution < -0.4 is 14.8 Å². The maximum absolute atomic E-state index is 12.7. The van der Waals surface area contributed by atoms with Gasteiger partial charge in [-0.25, -0.2) is 0 Å². The Bertz CT molecular complexity index is 1260. The Kier molecular flexibility index (Phi) is 7.34. The molecule has 1 aromatic heterocycles. The second-order valence-electron chi connectivity index (χ2n) is 7.33. The van der Waals surface area contributed by atoms with Crippen LogP contribution in [0.3, 0.4) is 0 Å². The molecule has 0 atom stereocenters. The molecule has 0 spiro atoms. The topological polar surface area (TPSA) is 98.5 Å². The Morgan fingerprint density at radius 1 is 1.00 bits per heavy atom. The maximum atomic E-state index is 12.7. The molecule has 0 bridgehead atoms. The molecule has 4 aromatic rings. The Morgan fingerprint density at radius 3 is 2.47 bits per heavy atom. The van der Waals surface area contributed by atoms with Gasteiger partial charge in [0.05, 0.1) is 32.2 Å². The van der Waals surface area contributed by atoms with E-state index < -0.39 is 0 Å². The minimum absolute atomic E-state index is 0.128. The van der Waals surface area contributed by atoms with Crippen molar-refractivity contribution in [3.05, 3.63) is 78.4 Å². The molecule has 0 saturated carbocycles. The zero-order valence-electron chi connectivity index (χ0n) is 18.8. The van der Waals surface area contributed by atoms with E-state index in [4.69, 9.17) is 9.47 Å². The van der Waals surface area contributed by atoms with E-state index in [-0.39, 0.29) is 17.4 Å². The summed E-state index contributed by atoms with van der Waals surface area (Å²) < 4.78 is 12.5. The number of aromatic hydroxyl groups is 1. The number of methoxy groups -OCH3 is 2. The van der Waals surface area contributed by atoms with E-state index >= 15 is 0 Å². The number of carbonyl (C=O) groups excluding carboxylic acids is 1. The number of hydrogen-bond donors (Lipinski definition) is 2. The first-order valence-corrected chi connectivity index (χ1v) is 11.5. The van der Waals surface area contributed by atoms with Crippen molar-refractivity contribution < 1.29 is 19.4 Å². The number of amides is 1. The van der Waals surface area contributed by atoms with Gasteiger partial charge in [0.25, 0.3) is 0 Å². The standard InChI is InChI=1S/C25H24N4O4S/c1-32-20-12-13-22(33-2)21(14-20)26-23(31)16-34-25-28-27-24(18-8-10-19(30)11-9-18)29(25)15-17-6-4-3-5-7-17/h3-14,30H,15-16H2,1-2H3,(H,26,31). The molecule has 0 unspecified atom stereocenters. The van der Waals surface area contributed by atoms with Gasteiger partial charge in [0.1, 0.15) is 17.2 Å². The lowest BCUT2D eigenvalue weighted by Gasteiger charge is -2.12. The van der Waals surface area contributed by atoms with Gasteiger partial charge in [-0.1, -0.05) is 42.1 Å². The third-order valence-electron chi connectivity index (χ3n) is 5.04. The fraction of sp³-hybridized carbons (Fsp3) is 0.160. The van der Waals surface area contributed by atoms with Gasteiger partial charge in [-0.15, -0.1) is 10.2 Å². The number of nitrogens with zero attached hydrogens (tertiary/aromatic N) is 3. The summed E-state index contributed by atoms with van der Waals surface area (Å²) >= 11 is 1.29. The van der Waals surface area contributed by atoms with Crippen LogP contribution in [0.1, 0.15) is 5.56 Å². The molecule has 174 valence electrons. The summed E-state index contributed by atoms with van der Waals surface area (Å²) in [6.07, 6.45) is 0. The molecular formula is C25H24N4O4S. The number of aromatic nitrogens is 3. The van der Waals surface area contributed by atoms with Crippen molar-refractivity contribution in [2.45, 2.75) is 11.7 Å². The van der Waals surface area contributed by atoms with Gasteiger partial charge < -0.3 is 19.9 Å². The molecule has 9 heteroatoms.